The standard InChI is InChI=1S/C9H9NO/c1-8(11)7-10-9-5-3-2-4-6-9/h2-7H,1H3/b10-7+. The number of aliphatic imine (C=N–C) groups is 1. The molecule has 0 bridgehead atoms. The lowest BCUT2D eigenvalue weighted by Gasteiger charge is -1.88. The van der Waals surface area contributed by atoms with Crippen LogP contribution in [0.3, 0.4) is 0 Å². The monoisotopic (exact) mass is 147 g/mol. The molecule has 0 atom stereocenters. The number of hydrogen-bond acceptors (Lipinski definition) is 2. The maximum absolute atomic E-state index is 10.5. The first-order valence-electron chi connectivity index (χ1n) is 3.39. The van der Waals surface area contributed by atoms with Gasteiger partial charge in [-0.15, -0.1) is 0 Å². The first-order valence-corrected chi connectivity index (χ1v) is 3.39. The van der Waals surface area contributed by atoms with Crippen molar-refractivity contribution in [3.8, 4) is 0 Å². The number of carbonyl (C=O) groups is 1. The Hall–Kier alpha value is -1.44. The van der Waals surface area contributed by atoms with Crippen molar-refractivity contribution < 1.29 is 4.79 Å². The lowest BCUT2D eigenvalue weighted by atomic mass is 10.3. The van der Waals surface area contributed by atoms with E-state index in [2.05, 4.69) is 4.99 Å². The molecule has 1 aromatic rings. The molecule has 0 aliphatic rings. The second kappa shape index (κ2) is 3.66. The quantitative estimate of drug-likeness (QED) is 0.588. The highest BCUT2D eigenvalue weighted by Gasteiger charge is 1.84. The fraction of sp³-hybridized carbons (Fsp3) is 0.111. The second-order valence-electron chi connectivity index (χ2n) is 2.20. The molecule has 1 rings (SSSR count). The molecule has 0 aliphatic heterocycles. The van der Waals surface area contributed by atoms with Crippen molar-refractivity contribution in [1.82, 2.24) is 0 Å². The summed E-state index contributed by atoms with van der Waals surface area (Å²) >= 11 is 0. The number of hydrogen-bond donors (Lipinski definition) is 0. The molecule has 0 spiro atoms. The van der Waals surface area contributed by atoms with E-state index in [1.54, 1.807) is 0 Å². The van der Waals surface area contributed by atoms with E-state index in [1.807, 2.05) is 30.3 Å². The Morgan fingerprint density at radius 2 is 2.00 bits per heavy atom. The van der Waals surface area contributed by atoms with E-state index in [-0.39, 0.29) is 5.78 Å². The summed E-state index contributed by atoms with van der Waals surface area (Å²) in [5, 5.41) is 0. The van der Waals surface area contributed by atoms with Crippen LogP contribution in [-0.4, -0.2) is 12.0 Å². The molecule has 1 aromatic carbocycles. The van der Waals surface area contributed by atoms with E-state index < -0.39 is 0 Å². The van der Waals surface area contributed by atoms with Gasteiger partial charge >= 0.3 is 0 Å². The van der Waals surface area contributed by atoms with Gasteiger partial charge in [0.25, 0.3) is 0 Å². The van der Waals surface area contributed by atoms with Crippen LogP contribution in [0.2, 0.25) is 0 Å². The number of ketones is 1. The average molecular weight is 147 g/mol. The highest BCUT2D eigenvalue weighted by molar-refractivity contribution is 6.26. The van der Waals surface area contributed by atoms with Gasteiger partial charge < -0.3 is 0 Å². The van der Waals surface area contributed by atoms with Crippen LogP contribution >= 0.6 is 0 Å². The molecule has 0 saturated carbocycles. The van der Waals surface area contributed by atoms with Crippen molar-refractivity contribution in [1.29, 1.82) is 0 Å². The maximum Gasteiger partial charge on any atom is 0.170 e. The van der Waals surface area contributed by atoms with Crippen molar-refractivity contribution in [2.45, 2.75) is 6.92 Å². The smallest absolute Gasteiger partial charge is 0.170 e. The van der Waals surface area contributed by atoms with Crippen LogP contribution in [0.4, 0.5) is 5.69 Å². The minimum Gasteiger partial charge on any atom is -0.293 e. The molecule has 0 saturated heterocycles. The van der Waals surface area contributed by atoms with Crippen molar-refractivity contribution in [2.75, 3.05) is 0 Å². The predicted molar refractivity (Wildman–Crippen MR) is 45.3 cm³/mol. The number of carbonyl (C=O) groups excluding carboxylic acids is 1. The van der Waals surface area contributed by atoms with Crippen LogP contribution in [0.5, 0.6) is 0 Å². The Kier molecular flexibility index (Phi) is 2.55. The van der Waals surface area contributed by atoms with Gasteiger partial charge in [0.15, 0.2) is 5.78 Å². The molecule has 0 unspecified atom stereocenters. The van der Waals surface area contributed by atoms with Gasteiger partial charge in [0.2, 0.25) is 0 Å². The predicted octanol–water partition coefficient (Wildman–Crippen LogP) is 1.98. The zero-order chi connectivity index (χ0) is 8.10. The lowest BCUT2D eigenvalue weighted by molar-refractivity contribution is -0.110. The van der Waals surface area contributed by atoms with Crippen molar-refractivity contribution in [3.63, 3.8) is 0 Å². The van der Waals surface area contributed by atoms with Gasteiger partial charge in [-0.25, -0.2) is 0 Å². The molecule has 2 nitrogen and oxygen atoms in total. The summed E-state index contributed by atoms with van der Waals surface area (Å²) in [5.41, 5.74) is 0.808. The molecule has 0 heterocycles. The molecule has 0 radical (unpaired) electrons. The van der Waals surface area contributed by atoms with E-state index >= 15 is 0 Å². The van der Waals surface area contributed by atoms with Gasteiger partial charge in [0.05, 0.1) is 11.9 Å². The third-order valence-corrected chi connectivity index (χ3v) is 1.15. The molecule has 56 valence electrons. The SMILES string of the molecule is CC(=O)/C=N/c1ccccc1. The summed E-state index contributed by atoms with van der Waals surface area (Å²) < 4.78 is 0. The van der Waals surface area contributed by atoms with Crippen molar-refractivity contribution in [3.05, 3.63) is 30.3 Å². The van der Waals surface area contributed by atoms with E-state index in [0.29, 0.717) is 0 Å². The second-order valence-corrected chi connectivity index (χ2v) is 2.20. The summed E-state index contributed by atoms with van der Waals surface area (Å²) in [6.45, 7) is 1.48. The van der Waals surface area contributed by atoms with Crippen molar-refractivity contribution >= 4 is 17.7 Å². The van der Waals surface area contributed by atoms with Crippen molar-refractivity contribution in [2.24, 2.45) is 4.99 Å². The number of benzene rings is 1. The topological polar surface area (TPSA) is 29.4 Å². The zero-order valence-corrected chi connectivity index (χ0v) is 6.32. The Morgan fingerprint density at radius 1 is 1.36 bits per heavy atom. The third-order valence-electron chi connectivity index (χ3n) is 1.15. The van der Waals surface area contributed by atoms with Gasteiger partial charge in [0, 0.05) is 6.92 Å². The van der Waals surface area contributed by atoms with Gasteiger partial charge in [0.1, 0.15) is 0 Å². The number of nitrogens with zero attached hydrogens (tertiary/aromatic N) is 1. The van der Waals surface area contributed by atoms with E-state index in [9.17, 15) is 4.79 Å². The lowest BCUT2D eigenvalue weighted by Crippen LogP contribution is -1.87. The van der Waals surface area contributed by atoms with E-state index in [4.69, 9.17) is 0 Å². The Morgan fingerprint density at radius 3 is 2.55 bits per heavy atom. The van der Waals surface area contributed by atoms with Crippen LogP contribution in [0.15, 0.2) is 35.3 Å². The molecule has 0 fully saturated rings. The fourth-order valence-corrected chi connectivity index (χ4v) is 0.679. The van der Waals surface area contributed by atoms with Crippen LogP contribution < -0.4 is 0 Å². The first-order chi connectivity index (χ1) is 5.29. The highest BCUT2D eigenvalue weighted by atomic mass is 16.1. The third kappa shape index (κ3) is 2.76. The summed E-state index contributed by atoms with van der Waals surface area (Å²) in [7, 11) is 0. The van der Waals surface area contributed by atoms with Gasteiger partial charge in [-0.05, 0) is 12.1 Å². The van der Waals surface area contributed by atoms with Crippen LogP contribution in [0, 0.1) is 0 Å². The molecule has 0 amide bonds. The van der Waals surface area contributed by atoms with Crippen LogP contribution in [0.25, 0.3) is 0 Å². The van der Waals surface area contributed by atoms with E-state index in [0.717, 1.165) is 5.69 Å². The summed E-state index contributed by atoms with van der Waals surface area (Å²) in [4.78, 5) is 14.4. The normalized spacial score (nSPS) is 10.3. The summed E-state index contributed by atoms with van der Waals surface area (Å²) in [6.07, 6.45) is 1.31. The Labute approximate surface area is 65.6 Å². The van der Waals surface area contributed by atoms with Gasteiger partial charge in [-0.2, -0.15) is 0 Å². The van der Waals surface area contributed by atoms with Crippen LogP contribution in [-0.2, 0) is 4.79 Å². The first kappa shape index (κ1) is 7.66. The number of rotatable bonds is 2. The van der Waals surface area contributed by atoms with E-state index in [1.165, 1.54) is 13.1 Å². The Bertz CT molecular complexity index is 264. The van der Waals surface area contributed by atoms with Crippen LogP contribution in [0.1, 0.15) is 6.92 Å². The molecular weight excluding hydrogens is 138 g/mol. The largest absolute Gasteiger partial charge is 0.293 e. The maximum atomic E-state index is 10.5. The van der Waals surface area contributed by atoms with Gasteiger partial charge in [-0.3, -0.25) is 9.79 Å². The molecule has 0 N–H and O–H groups in total. The number of Topliss-reactive ketones (excluding diaryl/α,β-unsaturated/α-hetero) is 1. The minimum absolute atomic E-state index is 0.0335. The molecule has 11 heavy (non-hydrogen) atoms. The molecule has 0 aliphatic carbocycles. The fourth-order valence-electron chi connectivity index (χ4n) is 0.679. The number of para-hydroxylation sites is 1. The zero-order valence-electron chi connectivity index (χ0n) is 6.32. The molecule has 0 aromatic heterocycles. The molecule has 2 heteroatoms. The highest BCUT2D eigenvalue weighted by Crippen LogP contribution is 2.07. The summed E-state index contributed by atoms with van der Waals surface area (Å²) in [5.74, 6) is -0.0335. The minimum atomic E-state index is -0.0335. The summed E-state index contributed by atoms with van der Waals surface area (Å²) in [6, 6.07) is 9.37. The van der Waals surface area contributed by atoms with Gasteiger partial charge in [-0.1, -0.05) is 18.2 Å². The Balaban J connectivity index is 2.72. The molecular formula is C9H9NO. The average Bonchev–Trinajstić information content (AvgIpc) is 2.03.